The number of pyridine rings is 1. The van der Waals surface area contributed by atoms with Crippen LogP contribution in [0, 0.1) is 0 Å². The van der Waals surface area contributed by atoms with E-state index in [1.807, 2.05) is 0 Å². The van der Waals surface area contributed by atoms with Crippen molar-refractivity contribution in [3.05, 3.63) is 66.0 Å². The van der Waals surface area contributed by atoms with Gasteiger partial charge in [0.25, 0.3) is 11.8 Å². The van der Waals surface area contributed by atoms with Crippen molar-refractivity contribution >= 4 is 11.8 Å². The normalized spacial score (nSPS) is 14.0. The molecule has 3 aromatic heterocycles. The quantitative estimate of drug-likeness (QED) is 0.639. The monoisotopic (exact) mass is 381 g/mol. The maximum Gasteiger partial charge on any atom is 0.257 e. The van der Waals surface area contributed by atoms with Crippen molar-refractivity contribution < 1.29 is 18.5 Å². The molecule has 0 radical (unpaired) electrons. The standard InChI is InChI=1S/C19H19N5O4/c1-23(18(25)13-2-6-20-7-3-13)8-4-16-21-17(28-22-16)15-10-24(11-15)19(26)14-5-9-27-12-14/h2-3,5-7,9,12,15H,4,8,10-11H2,1H3. The first-order valence-corrected chi connectivity index (χ1v) is 8.91. The summed E-state index contributed by atoms with van der Waals surface area (Å²) in [6.07, 6.45) is 6.58. The highest BCUT2D eigenvalue weighted by molar-refractivity contribution is 5.94. The van der Waals surface area contributed by atoms with E-state index in [9.17, 15) is 9.59 Å². The SMILES string of the molecule is CN(CCc1noc(C2CN(C(=O)c3ccoc3)C2)n1)C(=O)c1ccncc1. The molecule has 144 valence electrons. The lowest BCUT2D eigenvalue weighted by Crippen LogP contribution is -2.48. The zero-order valence-electron chi connectivity index (χ0n) is 15.3. The van der Waals surface area contributed by atoms with E-state index in [1.165, 1.54) is 12.5 Å². The maximum atomic E-state index is 12.3. The topological polar surface area (TPSA) is 106 Å². The van der Waals surface area contributed by atoms with Gasteiger partial charge in [-0.1, -0.05) is 5.16 Å². The summed E-state index contributed by atoms with van der Waals surface area (Å²) in [5, 5.41) is 3.99. The molecule has 0 N–H and O–H groups in total. The molecule has 0 aromatic carbocycles. The minimum atomic E-state index is -0.0847. The number of amides is 2. The summed E-state index contributed by atoms with van der Waals surface area (Å²) in [6, 6.07) is 5.00. The molecule has 0 atom stereocenters. The van der Waals surface area contributed by atoms with Crippen LogP contribution < -0.4 is 0 Å². The van der Waals surface area contributed by atoms with Crippen molar-refractivity contribution in [2.24, 2.45) is 0 Å². The summed E-state index contributed by atoms with van der Waals surface area (Å²) < 4.78 is 10.3. The van der Waals surface area contributed by atoms with Crippen molar-refractivity contribution in [1.29, 1.82) is 0 Å². The summed E-state index contributed by atoms with van der Waals surface area (Å²) in [5.41, 5.74) is 1.12. The minimum absolute atomic E-state index is 0.0354. The van der Waals surface area contributed by atoms with Gasteiger partial charge in [0.2, 0.25) is 5.89 Å². The molecule has 1 fully saturated rings. The van der Waals surface area contributed by atoms with E-state index in [0.29, 0.717) is 48.9 Å². The van der Waals surface area contributed by atoms with E-state index in [2.05, 4.69) is 15.1 Å². The third kappa shape index (κ3) is 3.64. The highest BCUT2D eigenvalue weighted by Crippen LogP contribution is 2.27. The molecule has 0 spiro atoms. The molecule has 1 aliphatic heterocycles. The van der Waals surface area contributed by atoms with Crippen LogP contribution in [-0.4, -0.2) is 63.4 Å². The fourth-order valence-corrected chi connectivity index (χ4v) is 2.99. The maximum absolute atomic E-state index is 12.3. The molecule has 4 rings (SSSR count). The number of furan rings is 1. The molecule has 28 heavy (non-hydrogen) atoms. The van der Waals surface area contributed by atoms with Gasteiger partial charge in [-0.2, -0.15) is 4.98 Å². The second kappa shape index (κ2) is 7.63. The molecule has 9 heteroatoms. The number of hydrogen-bond donors (Lipinski definition) is 0. The highest BCUT2D eigenvalue weighted by atomic mass is 16.5. The average molecular weight is 381 g/mol. The van der Waals surface area contributed by atoms with Gasteiger partial charge >= 0.3 is 0 Å². The molecular weight excluding hydrogens is 362 g/mol. The van der Waals surface area contributed by atoms with Gasteiger partial charge in [0.15, 0.2) is 5.82 Å². The summed E-state index contributed by atoms with van der Waals surface area (Å²) in [6.45, 7) is 1.54. The van der Waals surface area contributed by atoms with E-state index in [0.717, 1.165) is 0 Å². The minimum Gasteiger partial charge on any atom is -0.472 e. The van der Waals surface area contributed by atoms with Crippen molar-refractivity contribution in [3.63, 3.8) is 0 Å². The molecule has 0 saturated carbocycles. The Morgan fingerprint density at radius 2 is 2.00 bits per heavy atom. The number of hydrogen-bond acceptors (Lipinski definition) is 7. The molecule has 1 saturated heterocycles. The summed E-state index contributed by atoms with van der Waals surface area (Å²) in [5.74, 6) is 0.950. The lowest BCUT2D eigenvalue weighted by atomic mass is 9.99. The second-order valence-electron chi connectivity index (χ2n) is 6.68. The highest BCUT2D eigenvalue weighted by Gasteiger charge is 2.36. The van der Waals surface area contributed by atoms with Crippen LogP contribution in [0.3, 0.4) is 0 Å². The predicted molar refractivity (Wildman–Crippen MR) is 96.6 cm³/mol. The van der Waals surface area contributed by atoms with Crippen LogP contribution in [-0.2, 0) is 6.42 Å². The Bertz CT molecular complexity index is 948. The fourth-order valence-electron chi connectivity index (χ4n) is 2.99. The molecule has 2 amide bonds. The first kappa shape index (κ1) is 17.9. The Morgan fingerprint density at radius 1 is 1.21 bits per heavy atom. The summed E-state index contributed by atoms with van der Waals surface area (Å²) in [7, 11) is 1.73. The summed E-state index contributed by atoms with van der Waals surface area (Å²) in [4.78, 5) is 36.2. The first-order valence-electron chi connectivity index (χ1n) is 8.91. The van der Waals surface area contributed by atoms with Gasteiger partial charge < -0.3 is 18.7 Å². The lowest BCUT2D eigenvalue weighted by Gasteiger charge is -2.36. The van der Waals surface area contributed by atoms with Crippen LogP contribution in [0.2, 0.25) is 0 Å². The molecule has 1 aliphatic rings. The molecule has 9 nitrogen and oxygen atoms in total. The predicted octanol–water partition coefficient (Wildman–Crippen LogP) is 1.61. The molecule has 4 heterocycles. The lowest BCUT2D eigenvalue weighted by molar-refractivity contribution is 0.0568. The summed E-state index contributed by atoms with van der Waals surface area (Å²) >= 11 is 0. The molecule has 3 aromatic rings. The van der Waals surface area contributed by atoms with Crippen LogP contribution in [0.5, 0.6) is 0 Å². The van der Waals surface area contributed by atoms with E-state index >= 15 is 0 Å². The Labute approximate surface area is 161 Å². The van der Waals surface area contributed by atoms with E-state index < -0.39 is 0 Å². The van der Waals surface area contributed by atoms with Crippen LogP contribution in [0.4, 0.5) is 0 Å². The first-order chi connectivity index (χ1) is 13.6. The zero-order chi connectivity index (χ0) is 19.5. The van der Waals surface area contributed by atoms with Gasteiger partial charge in [-0.05, 0) is 18.2 Å². The number of rotatable bonds is 6. The fraction of sp³-hybridized carbons (Fsp3) is 0.316. The number of likely N-dealkylation sites (tertiary alicyclic amines) is 1. The van der Waals surface area contributed by atoms with Crippen LogP contribution in [0.25, 0.3) is 0 Å². The van der Waals surface area contributed by atoms with Crippen molar-refractivity contribution in [2.45, 2.75) is 12.3 Å². The van der Waals surface area contributed by atoms with Crippen molar-refractivity contribution in [3.8, 4) is 0 Å². The third-order valence-corrected chi connectivity index (χ3v) is 4.71. The van der Waals surface area contributed by atoms with Gasteiger partial charge in [0.05, 0.1) is 17.7 Å². The second-order valence-corrected chi connectivity index (χ2v) is 6.68. The number of carbonyl (C=O) groups excluding carboxylic acids is 2. The Kier molecular flexibility index (Phi) is 4.88. The van der Waals surface area contributed by atoms with Crippen molar-refractivity contribution in [1.82, 2.24) is 24.9 Å². The Balaban J connectivity index is 1.27. The van der Waals surface area contributed by atoms with Crippen molar-refractivity contribution in [2.75, 3.05) is 26.7 Å². The zero-order valence-corrected chi connectivity index (χ0v) is 15.3. The third-order valence-electron chi connectivity index (χ3n) is 4.71. The van der Waals surface area contributed by atoms with Gasteiger partial charge in [-0.25, -0.2) is 0 Å². The van der Waals surface area contributed by atoms with E-state index in [-0.39, 0.29) is 17.7 Å². The van der Waals surface area contributed by atoms with Gasteiger partial charge in [-0.15, -0.1) is 0 Å². The van der Waals surface area contributed by atoms with Gasteiger partial charge in [0, 0.05) is 51.1 Å². The largest absolute Gasteiger partial charge is 0.472 e. The van der Waals surface area contributed by atoms with Crippen LogP contribution in [0.1, 0.15) is 38.3 Å². The van der Waals surface area contributed by atoms with Crippen LogP contribution >= 0.6 is 0 Å². The number of carbonyl (C=O) groups is 2. The smallest absolute Gasteiger partial charge is 0.257 e. The van der Waals surface area contributed by atoms with E-state index in [4.69, 9.17) is 8.94 Å². The van der Waals surface area contributed by atoms with E-state index in [1.54, 1.807) is 47.4 Å². The average Bonchev–Trinajstić information content (AvgIpc) is 3.37. The molecule has 0 bridgehead atoms. The number of aromatic nitrogens is 3. The number of likely N-dealkylation sites (N-methyl/N-ethyl adjacent to an activating group) is 1. The molecule has 0 unspecified atom stereocenters. The Hall–Kier alpha value is -3.49. The Morgan fingerprint density at radius 3 is 2.71 bits per heavy atom. The van der Waals surface area contributed by atoms with Crippen LogP contribution in [0.15, 0.2) is 52.1 Å². The number of nitrogens with zero attached hydrogens (tertiary/aromatic N) is 5. The molecular formula is C19H19N5O4. The van der Waals surface area contributed by atoms with Gasteiger partial charge in [-0.3, -0.25) is 14.6 Å². The molecule has 0 aliphatic carbocycles. The van der Waals surface area contributed by atoms with Gasteiger partial charge in [0.1, 0.15) is 6.26 Å².